The lowest BCUT2D eigenvalue weighted by molar-refractivity contribution is -0.137. The molecule has 1 aliphatic carbocycles. The van der Waals surface area contributed by atoms with Crippen molar-refractivity contribution >= 4 is 5.91 Å². The molecule has 2 aromatic carbocycles. The second-order valence-corrected chi connectivity index (χ2v) is 8.49. The average molecular weight is 418 g/mol. The molecule has 0 bridgehead atoms. The first kappa shape index (κ1) is 19.7. The summed E-state index contributed by atoms with van der Waals surface area (Å²) in [6, 6.07) is 16.4. The Morgan fingerprint density at radius 1 is 1.10 bits per heavy atom. The SMILES string of the molecule is Cc1cc(CN(Cc2ccc3c(c2)OCO3)C(=O)C2CCc3ccccc3C2)n(C)n1. The molecular weight excluding hydrogens is 390 g/mol. The van der Waals surface area contributed by atoms with E-state index in [-0.39, 0.29) is 18.6 Å². The number of fused-ring (bicyclic) bond motifs is 2. The van der Waals surface area contributed by atoms with Crippen molar-refractivity contribution in [2.45, 2.75) is 39.3 Å². The summed E-state index contributed by atoms with van der Waals surface area (Å²) in [7, 11) is 1.93. The van der Waals surface area contributed by atoms with Gasteiger partial charge in [0.2, 0.25) is 12.7 Å². The largest absolute Gasteiger partial charge is 0.454 e. The van der Waals surface area contributed by atoms with E-state index < -0.39 is 0 Å². The highest BCUT2D eigenvalue weighted by molar-refractivity contribution is 5.79. The van der Waals surface area contributed by atoms with E-state index in [1.807, 2.05) is 41.8 Å². The van der Waals surface area contributed by atoms with Crippen molar-refractivity contribution in [1.29, 1.82) is 0 Å². The number of benzene rings is 2. The molecule has 6 nitrogen and oxygen atoms in total. The molecule has 1 atom stereocenters. The molecule has 0 fully saturated rings. The highest BCUT2D eigenvalue weighted by atomic mass is 16.7. The summed E-state index contributed by atoms with van der Waals surface area (Å²) >= 11 is 0. The highest BCUT2D eigenvalue weighted by Gasteiger charge is 2.29. The van der Waals surface area contributed by atoms with Gasteiger partial charge in [-0.2, -0.15) is 5.10 Å². The molecule has 0 N–H and O–H groups in total. The lowest BCUT2D eigenvalue weighted by atomic mass is 9.83. The number of hydrogen-bond donors (Lipinski definition) is 0. The third kappa shape index (κ3) is 4.02. The lowest BCUT2D eigenvalue weighted by Gasteiger charge is -2.30. The monoisotopic (exact) mass is 417 g/mol. The Bertz CT molecular complexity index is 1120. The van der Waals surface area contributed by atoms with E-state index in [2.05, 4.69) is 35.4 Å². The number of ether oxygens (including phenoxy) is 2. The van der Waals surface area contributed by atoms with Gasteiger partial charge in [-0.3, -0.25) is 9.48 Å². The van der Waals surface area contributed by atoms with Crippen molar-refractivity contribution in [3.63, 3.8) is 0 Å². The van der Waals surface area contributed by atoms with Crippen LogP contribution in [0.5, 0.6) is 11.5 Å². The Labute approximate surface area is 182 Å². The molecule has 2 heterocycles. The number of amides is 1. The third-order valence-electron chi connectivity index (χ3n) is 6.27. The Morgan fingerprint density at radius 3 is 2.71 bits per heavy atom. The maximum absolute atomic E-state index is 13.7. The number of carbonyl (C=O) groups excluding carboxylic acids is 1. The second kappa shape index (κ2) is 8.10. The van der Waals surface area contributed by atoms with Crippen molar-refractivity contribution < 1.29 is 14.3 Å². The Morgan fingerprint density at radius 2 is 1.90 bits per heavy atom. The van der Waals surface area contributed by atoms with Gasteiger partial charge in [0.15, 0.2) is 11.5 Å². The minimum Gasteiger partial charge on any atom is -0.454 e. The van der Waals surface area contributed by atoms with Crippen molar-refractivity contribution in [3.05, 3.63) is 76.6 Å². The van der Waals surface area contributed by atoms with Crippen molar-refractivity contribution in [2.24, 2.45) is 13.0 Å². The number of aryl methyl sites for hydroxylation is 3. The fourth-order valence-corrected chi connectivity index (χ4v) is 4.65. The van der Waals surface area contributed by atoms with Crippen LogP contribution < -0.4 is 9.47 Å². The van der Waals surface area contributed by atoms with Crippen LogP contribution in [0.15, 0.2) is 48.5 Å². The topological polar surface area (TPSA) is 56.6 Å². The Kier molecular flexibility index (Phi) is 5.14. The molecule has 1 aliphatic heterocycles. The summed E-state index contributed by atoms with van der Waals surface area (Å²) in [6.07, 6.45) is 2.64. The zero-order valence-corrected chi connectivity index (χ0v) is 18.0. The molecule has 160 valence electrons. The molecule has 2 aliphatic rings. The molecular formula is C25H27N3O3. The molecule has 31 heavy (non-hydrogen) atoms. The highest BCUT2D eigenvalue weighted by Crippen LogP contribution is 2.33. The van der Waals surface area contributed by atoms with E-state index in [0.717, 1.165) is 47.7 Å². The molecule has 3 aromatic rings. The molecule has 0 radical (unpaired) electrons. The van der Waals surface area contributed by atoms with Crippen LogP contribution in [0.4, 0.5) is 0 Å². The number of hydrogen-bond acceptors (Lipinski definition) is 4. The summed E-state index contributed by atoms with van der Waals surface area (Å²) in [5, 5.41) is 4.46. The zero-order valence-electron chi connectivity index (χ0n) is 18.0. The maximum atomic E-state index is 13.7. The van der Waals surface area contributed by atoms with Crippen molar-refractivity contribution in [3.8, 4) is 11.5 Å². The normalized spacial score (nSPS) is 16.8. The smallest absolute Gasteiger partial charge is 0.231 e. The van der Waals surface area contributed by atoms with Gasteiger partial charge >= 0.3 is 0 Å². The lowest BCUT2D eigenvalue weighted by Crippen LogP contribution is -2.38. The molecule has 1 aromatic heterocycles. The minimum atomic E-state index is -0.00163. The van der Waals surface area contributed by atoms with Gasteiger partial charge in [0.1, 0.15) is 0 Å². The first-order valence-electron chi connectivity index (χ1n) is 10.8. The number of rotatable bonds is 5. The van der Waals surface area contributed by atoms with Gasteiger partial charge in [0.25, 0.3) is 0 Å². The fourth-order valence-electron chi connectivity index (χ4n) is 4.65. The molecule has 5 rings (SSSR count). The Balaban J connectivity index is 1.40. The van der Waals surface area contributed by atoms with E-state index in [0.29, 0.717) is 13.1 Å². The summed E-state index contributed by atoms with van der Waals surface area (Å²) in [5.41, 5.74) is 5.69. The van der Waals surface area contributed by atoms with E-state index >= 15 is 0 Å². The van der Waals surface area contributed by atoms with Gasteiger partial charge in [-0.1, -0.05) is 30.3 Å². The first-order valence-corrected chi connectivity index (χ1v) is 10.8. The van der Waals surface area contributed by atoms with Crippen LogP contribution in [0.2, 0.25) is 0 Å². The first-order chi connectivity index (χ1) is 15.1. The number of carbonyl (C=O) groups is 1. The predicted molar refractivity (Wildman–Crippen MR) is 117 cm³/mol. The number of aromatic nitrogens is 2. The molecule has 1 unspecified atom stereocenters. The molecule has 6 heteroatoms. The summed E-state index contributed by atoms with van der Waals surface area (Å²) in [6.45, 7) is 3.28. The van der Waals surface area contributed by atoms with Gasteiger partial charge in [-0.15, -0.1) is 0 Å². The van der Waals surface area contributed by atoms with Crippen LogP contribution in [0.25, 0.3) is 0 Å². The molecule has 0 saturated carbocycles. The third-order valence-corrected chi connectivity index (χ3v) is 6.27. The van der Waals surface area contributed by atoms with Crippen LogP contribution in [0.1, 0.15) is 34.5 Å². The van der Waals surface area contributed by atoms with Crippen molar-refractivity contribution in [2.75, 3.05) is 6.79 Å². The van der Waals surface area contributed by atoms with Crippen LogP contribution in [-0.4, -0.2) is 27.4 Å². The zero-order chi connectivity index (χ0) is 21.4. The van der Waals surface area contributed by atoms with Crippen LogP contribution in [-0.2, 0) is 37.8 Å². The minimum absolute atomic E-state index is 0.00163. The van der Waals surface area contributed by atoms with E-state index in [4.69, 9.17) is 9.47 Å². The van der Waals surface area contributed by atoms with E-state index in [9.17, 15) is 4.79 Å². The average Bonchev–Trinajstić information content (AvgIpc) is 3.37. The second-order valence-electron chi connectivity index (χ2n) is 8.49. The predicted octanol–water partition coefficient (Wildman–Crippen LogP) is 3.79. The molecule has 0 saturated heterocycles. The maximum Gasteiger partial charge on any atom is 0.231 e. The van der Waals surface area contributed by atoms with Crippen LogP contribution >= 0.6 is 0 Å². The van der Waals surface area contributed by atoms with Crippen molar-refractivity contribution in [1.82, 2.24) is 14.7 Å². The van der Waals surface area contributed by atoms with Gasteiger partial charge < -0.3 is 14.4 Å². The molecule has 1 amide bonds. The van der Waals surface area contributed by atoms with Crippen LogP contribution in [0, 0.1) is 12.8 Å². The van der Waals surface area contributed by atoms with E-state index in [1.165, 1.54) is 11.1 Å². The quantitative estimate of drug-likeness (QED) is 0.634. The summed E-state index contributed by atoms with van der Waals surface area (Å²) in [4.78, 5) is 15.7. The summed E-state index contributed by atoms with van der Waals surface area (Å²) in [5.74, 6) is 1.70. The van der Waals surface area contributed by atoms with Gasteiger partial charge in [-0.05, 0) is 61.1 Å². The van der Waals surface area contributed by atoms with Gasteiger partial charge in [-0.25, -0.2) is 0 Å². The van der Waals surface area contributed by atoms with Crippen LogP contribution in [0.3, 0.4) is 0 Å². The fraction of sp³-hybridized carbons (Fsp3) is 0.360. The standard InChI is InChI=1S/C25H27N3O3/c1-17-11-22(27(2)26-17)15-28(14-18-7-10-23-24(12-18)31-16-30-23)25(29)21-9-8-19-5-3-4-6-20(19)13-21/h3-7,10-12,21H,8-9,13-16H2,1-2H3. The molecule has 0 spiro atoms. The summed E-state index contributed by atoms with van der Waals surface area (Å²) < 4.78 is 12.8. The van der Waals surface area contributed by atoms with E-state index in [1.54, 1.807) is 0 Å². The Hall–Kier alpha value is -3.28. The number of nitrogens with zero attached hydrogens (tertiary/aromatic N) is 3. The van der Waals surface area contributed by atoms with Gasteiger partial charge in [0.05, 0.1) is 17.9 Å². The van der Waals surface area contributed by atoms with Gasteiger partial charge in [0, 0.05) is 19.5 Å².